The molecule has 0 aliphatic heterocycles. The summed E-state index contributed by atoms with van der Waals surface area (Å²) < 4.78 is 16.9. The summed E-state index contributed by atoms with van der Waals surface area (Å²) in [5.41, 5.74) is 1.40. The van der Waals surface area contributed by atoms with Gasteiger partial charge in [0.1, 0.15) is 5.78 Å². The molecule has 74 heavy (non-hydrogen) atoms. The molecule has 0 spiro atoms. The highest BCUT2D eigenvalue weighted by Crippen LogP contribution is 2.70. The van der Waals surface area contributed by atoms with Gasteiger partial charge in [-0.15, -0.1) is 0 Å². The number of aliphatic hydroxyl groups excluding tert-OH is 3. The summed E-state index contributed by atoms with van der Waals surface area (Å²) in [6, 6.07) is 5.27. The number of carbonyl (C=O) groups is 1. The second-order valence-corrected chi connectivity index (χ2v) is 28.8. The molecule has 12 aliphatic carbocycles. The van der Waals surface area contributed by atoms with E-state index >= 15 is 0 Å². The third-order valence-electron chi connectivity index (χ3n) is 26.9. The van der Waals surface area contributed by atoms with E-state index < -0.39 is 0 Å². The van der Waals surface area contributed by atoms with Gasteiger partial charge in [0.25, 0.3) is 0 Å². The van der Waals surface area contributed by atoms with E-state index in [1.807, 2.05) is 0 Å². The SMILES string of the molecule is C.C.C.CO[C@H]1C[C@@]2(C)[C@@H](CC[C@@H]3[C@@H]2CC[C@]2(C)C(=O)CC[C@@H]32)C[C@@H]1O.CO[C@H]1C[C@@]2(C)[C@@H](CC[C@@H]3[C@@H]2CC[C@]2(C)[C@@H](C#N)CC[C@@H]32)C[C@@H]1O.CO[C@H]1C[C@@]2(C)[C@@H](CC[C@@H]3[C@@H]2CC[C@]2(C)[C@H](C#N)CC[C@@H]32)C[C@@H]1O. The van der Waals surface area contributed by atoms with E-state index in [4.69, 9.17) is 14.2 Å². The van der Waals surface area contributed by atoms with E-state index in [2.05, 4.69) is 53.7 Å². The van der Waals surface area contributed by atoms with Crippen molar-refractivity contribution in [1.82, 2.24) is 0 Å². The zero-order valence-corrected chi connectivity index (χ0v) is 45.9. The summed E-state index contributed by atoms with van der Waals surface area (Å²) >= 11 is 0. The molecule has 12 fully saturated rings. The second kappa shape index (κ2) is 22.2. The van der Waals surface area contributed by atoms with Crippen LogP contribution in [0.3, 0.4) is 0 Å². The van der Waals surface area contributed by atoms with Crippen molar-refractivity contribution < 1.29 is 34.3 Å². The van der Waals surface area contributed by atoms with Crippen LogP contribution in [0, 0.1) is 138 Å². The smallest absolute Gasteiger partial charge is 0.139 e. The number of nitrogens with zero attached hydrogens (tertiary/aromatic N) is 2. The molecular formula is C65H110N2O7. The van der Waals surface area contributed by atoms with Crippen molar-refractivity contribution in [3.8, 4) is 12.1 Å². The highest BCUT2D eigenvalue weighted by atomic mass is 16.5. The van der Waals surface area contributed by atoms with Gasteiger partial charge >= 0.3 is 0 Å². The summed E-state index contributed by atoms with van der Waals surface area (Å²) in [5.74, 6) is 9.63. The quantitative estimate of drug-likeness (QED) is 0.251. The molecule has 0 bridgehead atoms. The van der Waals surface area contributed by atoms with E-state index in [-0.39, 0.29) is 92.4 Å². The first-order valence-electron chi connectivity index (χ1n) is 29.7. The average Bonchev–Trinajstić information content (AvgIpc) is 4.00. The van der Waals surface area contributed by atoms with Crippen LogP contribution in [0.5, 0.6) is 0 Å². The van der Waals surface area contributed by atoms with Crippen molar-refractivity contribution in [3.05, 3.63) is 0 Å². The first-order valence-corrected chi connectivity index (χ1v) is 29.7. The van der Waals surface area contributed by atoms with Gasteiger partial charge in [0.2, 0.25) is 0 Å². The molecule has 0 radical (unpaired) electrons. The minimum Gasteiger partial charge on any atom is -0.390 e. The molecule has 0 unspecified atom stereocenters. The predicted molar refractivity (Wildman–Crippen MR) is 295 cm³/mol. The fourth-order valence-electron chi connectivity index (χ4n) is 22.7. The molecule has 12 aliphatic rings. The molecule has 0 heterocycles. The zero-order chi connectivity index (χ0) is 50.6. The Morgan fingerprint density at radius 2 is 0.757 bits per heavy atom. The Labute approximate surface area is 452 Å². The zero-order valence-electron chi connectivity index (χ0n) is 45.9. The number of methoxy groups -OCH3 is 3. The summed E-state index contributed by atoms with van der Waals surface area (Å²) in [4.78, 5) is 12.5. The van der Waals surface area contributed by atoms with Gasteiger partial charge in [0.15, 0.2) is 0 Å². The van der Waals surface area contributed by atoms with Crippen molar-refractivity contribution in [3.63, 3.8) is 0 Å². The number of hydrogen-bond acceptors (Lipinski definition) is 9. The first kappa shape index (κ1) is 60.1. The molecule has 9 heteroatoms. The van der Waals surface area contributed by atoms with E-state index in [0.29, 0.717) is 46.2 Å². The number of rotatable bonds is 3. The standard InChI is InChI=1S/2C21H33NO2.C20H32O3.3CH4/c2*1-20-9-8-17-15(16(20)7-5-14(20)12-22)6-4-13-10-18(23)19(24-3)11-21(13,17)2;1-19-9-8-15-13(14(19)6-7-18(19)22)5-4-12-10-16(21)17(23-3)11-20(12,15)2;;;/h2*13-19,23H,4-11H2,1-3H3;12-17,21H,4-11H2,1-3H3;3*1H4/t13-,14+,15-,16-,17-,18-,19-,20+,21-;13-,14-,15-,16-,17-,18-,19-,20+,21-;12-,13-,14-,15-,16-,17-,19-,20-;;;/m000.../s1. The molecule has 0 aromatic rings. The maximum Gasteiger partial charge on any atom is 0.139 e. The molecule has 0 aromatic carbocycles. The minimum atomic E-state index is -0.295. The maximum atomic E-state index is 12.5. The molecule has 422 valence electrons. The Bertz CT molecular complexity index is 1940. The number of aliphatic hydroxyl groups is 3. The lowest BCUT2D eigenvalue weighted by Gasteiger charge is -2.61. The highest BCUT2D eigenvalue weighted by molar-refractivity contribution is 5.87. The summed E-state index contributed by atoms with van der Waals surface area (Å²) in [6.45, 7) is 14.5. The van der Waals surface area contributed by atoms with Crippen molar-refractivity contribution >= 4 is 5.78 Å². The van der Waals surface area contributed by atoms with Crippen LogP contribution in [0.25, 0.3) is 0 Å². The number of ketones is 1. The van der Waals surface area contributed by atoms with Crippen LogP contribution >= 0.6 is 0 Å². The number of Topliss-reactive ketones (excluding diaryl/α,β-unsaturated/α-hetero) is 1. The van der Waals surface area contributed by atoms with Crippen molar-refractivity contribution in [2.75, 3.05) is 21.3 Å². The van der Waals surface area contributed by atoms with Gasteiger partial charge in [0.05, 0.1) is 60.6 Å². The van der Waals surface area contributed by atoms with Gasteiger partial charge in [-0.05, 0) is 246 Å². The van der Waals surface area contributed by atoms with Crippen LogP contribution < -0.4 is 0 Å². The Kier molecular flexibility index (Phi) is 18.0. The summed E-state index contributed by atoms with van der Waals surface area (Å²) in [6.07, 6.45) is 26.5. The van der Waals surface area contributed by atoms with Crippen LogP contribution in [0.2, 0.25) is 0 Å². The lowest BCUT2D eigenvalue weighted by molar-refractivity contribution is -0.166. The number of nitriles is 2. The first-order chi connectivity index (χ1) is 33.8. The largest absolute Gasteiger partial charge is 0.390 e. The van der Waals surface area contributed by atoms with Crippen LogP contribution in [0.15, 0.2) is 0 Å². The average molecular weight is 1030 g/mol. The Hall–Kier alpha value is -1.59. The monoisotopic (exact) mass is 1030 g/mol. The Balaban J connectivity index is 0.000000159. The highest BCUT2D eigenvalue weighted by Gasteiger charge is 2.65. The van der Waals surface area contributed by atoms with Crippen molar-refractivity contribution in [2.24, 2.45) is 115 Å². The van der Waals surface area contributed by atoms with Crippen molar-refractivity contribution in [1.29, 1.82) is 10.5 Å². The van der Waals surface area contributed by atoms with Crippen molar-refractivity contribution in [2.45, 2.75) is 255 Å². The molecular weight excluding hydrogens is 921 g/mol. The molecule has 9 nitrogen and oxygen atoms in total. The normalized spacial score (nSPS) is 54.2. The summed E-state index contributed by atoms with van der Waals surface area (Å²) in [7, 11) is 5.25. The van der Waals surface area contributed by atoms with Gasteiger partial charge in [-0.3, -0.25) is 4.79 Å². The fourth-order valence-corrected chi connectivity index (χ4v) is 22.7. The van der Waals surface area contributed by atoms with Gasteiger partial charge in [0, 0.05) is 33.2 Å². The van der Waals surface area contributed by atoms with Crippen LogP contribution in [0.4, 0.5) is 0 Å². The molecule has 0 aromatic heterocycles. The fraction of sp³-hybridized carbons (Fsp3) is 0.954. The van der Waals surface area contributed by atoms with E-state index in [0.717, 1.165) is 112 Å². The second-order valence-electron chi connectivity index (χ2n) is 28.8. The van der Waals surface area contributed by atoms with Crippen LogP contribution in [-0.2, 0) is 19.0 Å². The molecule has 12 rings (SSSR count). The number of carbonyl (C=O) groups excluding carboxylic acids is 1. The number of hydrogen-bond donors (Lipinski definition) is 3. The maximum absolute atomic E-state index is 12.5. The number of ether oxygens (including phenoxy) is 3. The molecule has 26 atom stereocenters. The third kappa shape index (κ3) is 9.26. The third-order valence-corrected chi connectivity index (χ3v) is 26.9. The Morgan fingerprint density at radius 3 is 1.09 bits per heavy atom. The van der Waals surface area contributed by atoms with E-state index in [9.17, 15) is 30.6 Å². The lowest BCUT2D eigenvalue weighted by atomic mass is 9.44. The molecule has 0 saturated heterocycles. The number of fused-ring (bicyclic) bond motifs is 15. The summed E-state index contributed by atoms with van der Waals surface area (Å²) in [5, 5.41) is 50.4. The van der Waals surface area contributed by atoms with Crippen LogP contribution in [-0.4, -0.2) is 79.1 Å². The lowest BCUT2D eigenvalue weighted by Crippen LogP contribution is -2.57. The minimum absolute atomic E-state index is 0. The predicted octanol–water partition coefficient (Wildman–Crippen LogP) is 13.8. The van der Waals surface area contributed by atoms with Gasteiger partial charge in [-0.2, -0.15) is 10.5 Å². The van der Waals surface area contributed by atoms with Gasteiger partial charge < -0.3 is 29.5 Å². The van der Waals surface area contributed by atoms with E-state index in [1.54, 1.807) is 21.3 Å². The van der Waals surface area contributed by atoms with E-state index in [1.165, 1.54) is 83.5 Å². The topological polar surface area (TPSA) is 153 Å². The molecule has 12 saturated carbocycles. The van der Waals surface area contributed by atoms with Gasteiger partial charge in [-0.1, -0.05) is 63.8 Å². The molecule has 0 amide bonds. The van der Waals surface area contributed by atoms with Crippen LogP contribution in [0.1, 0.15) is 218 Å². The Morgan fingerprint density at radius 1 is 0.432 bits per heavy atom. The van der Waals surface area contributed by atoms with Gasteiger partial charge in [-0.25, -0.2) is 0 Å². The molecule has 3 N–H and O–H groups in total.